The monoisotopic (exact) mass is 176 g/mol. The molecule has 0 aliphatic rings. The summed E-state index contributed by atoms with van der Waals surface area (Å²) in [6.07, 6.45) is 1.82. The van der Waals surface area contributed by atoms with Crippen LogP contribution in [0.4, 0.5) is 0 Å². The quantitative estimate of drug-likeness (QED) is 0.606. The molecule has 2 heterocycles. The Kier molecular flexibility index (Phi) is 1.53. The third-order valence-electron chi connectivity index (χ3n) is 1.76. The lowest BCUT2D eigenvalue weighted by Gasteiger charge is -1.98. The SMILES string of the molecule is N#Cc1ccc(Cl)c2cccn12. The molecule has 0 radical (unpaired) electrons. The van der Waals surface area contributed by atoms with Crippen molar-refractivity contribution >= 4 is 17.1 Å². The number of aromatic nitrogens is 1. The second-order valence-electron chi connectivity index (χ2n) is 2.44. The number of hydrogen-bond donors (Lipinski definition) is 0. The molecule has 0 unspecified atom stereocenters. The van der Waals surface area contributed by atoms with E-state index in [1.807, 2.05) is 18.3 Å². The molecule has 0 fully saturated rings. The molecular formula is C9H5ClN2. The zero-order valence-corrected chi connectivity index (χ0v) is 6.92. The molecule has 0 aromatic carbocycles. The van der Waals surface area contributed by atoms with E-state index in [4.69, 9.17) is 16.9 Å². The van der Waals surface area contributed by atoms with E-state index in [2.05, 4.69) is 6.07 Å². The van der Waals surface area contributed by atoms with Crippen molar-refractivity contribution in [1.82, 2.24) is 4.40 Å². The highest BCUT2D eigenvalue weighted by Crippen LogP contribution is 2.18. The third-order valence-corrected chi connectivity index (χ3v) is 2.07. The first-order valence-corrected chi connectivity index (χ1v) is 3.86. The zero-order valence-electron chi connectivity index (χ0n) is 6.16. The average molecular weight is 177 g/mol. The van der Waals surface area contributed by atoms with E-state index in [-0.39, 0.29) is 0 Å². The number of pyridine rings is 1. The Morgan fingerprint density at radius 1 is 1.33 bits per heavy atom. The van der Waals surface area contributed by atoms with Gasteiger partial charge in [0, 0.05) is 6.20 Å². The van der Waals surface area contributed by atoms with Gasteiger partial charge in [-0.2, -0.15) is 5.26 Å². The first kappa shape index (κ1) is 7.20. The fraction of sp³-hybridized carbons (Fsp3) is 0. The molecular weight excluding hydrogens is 172 g/mol. The van der Waals surface area contributed by atoms with Gasteiger partial charge in [-0.1, -0.05) is 11.6 Å². The van der Waals surface area contributed by atoms with Crippen LogP contribution in [0, 0.1) is 11.3 Å². The number of rotatable bonds is 0. The van der Waals surface area contributed by atoms with E-state index >= 15 is 0 Å². The first-order valence-electron chi connectivity index (χ1n) is 3.48. The molecule has 2 aromatic heterocycles. The highest BCUT2D eigenvalue weighted by Gasteiger charge is 2.01. The molecule has 58 valence electrons. The van der Waals surface area contributed by atoms with Crippen LogP contribution in [0.15, 0.2) is 30.5 Å². The van der Waals surface area contributed by atoms with Crippen LogP contribution in [0.3, 0.4) is 0 Å². The number of hydrogen-bond acceptors (Lipinski definition) is 1. The predicted octanol–water partition coefficient (Wildman–Crippen LogP) is 2.46. The standard InChI is InChI=1S/C9H5ClN2/c10-8-4-3-7(6-11)12-5-1-2-9(8)12/h1-5H. The largest absolute Gasteiger partial charge is 0.307 e. The summed E-state index contributed by atoms with van der Waals surface area (Å²) in [5.41, 5.74) is 1.47. The minimum absolute atomic E-state index is 0.597. The van der Waals surface area contributed by atoms with Gasteiger partial charge in [0.2, 0.25) is 0 Å². The van der Waals surface area contributed by atoms with Crippen molar-refractivity contribution in [2.45, 2.75) is 0 Å². The van der Waals surface area contributed by atoms with Crippen LogP contribution in [-0.2, 0) is 0 Å². The van der Waals surface area contributed by atoms with Crippen molar-refractivity contribution in [2.75, 3.05) is 0 Å². The maximum absolute atomic E-state index is 8.73. The van der Waals surface area contributed by atoms with Crippen molar-refractivity contribution in [3.05, 3.63) is 41.2 Å². The first-order chi connectivity index (χ1) is 5.83. The molecule has 3 heteroatoms. The Morgan fingerprint density at radius 2 is 2.17 bits per heavy atom. The maximum atomic E-state index is 8.73. The van der Waals surface area contributed by atoms with Gasteiger partial charge in [-0.25, -0.2) is 0 Å². The van der Waals surface area contributed by atoms with Gasteiger partial charge in [0.15, 0.2) is 0 Å². The lowest BCUT2D eigenvalue weighted by molar-refractivity contribution is 1.15. The summed E-state index contributed by atoms with van der Waals surface area (Å²) in [5.74, 6) is 0. The van der Waals surface area contributed by atoms with Gasteiger partial charge in [0.25, 0.3) is 0 Å². The second kappa shape index (κ2) is 2.54. The number of nitrogens with zero attached hydrogens (tertiary/aromatic N) is 2. The van der Waals surface area contributed by atoms with Crippen LogP contribution in [0.2, 0.25) is 5.02 Å². The maximum Gasteiger partial charge on any atom is 0.124 e. The summed E-state index contributed by atoms with van der Waals surface area (Å²) in [4.78, 5) is 0. The van der Waals surface area contributed by atoms with E-state index in [1.165, 1.54) is 0 Å². The van der Waals surface area contributed by atoms with Crippen LogP contribution in [0.1, 0.15) is 5.69 Å². The summed E-state index contributed by atoms with van der Waals surface area (Å²) in [7, 11) is 0. The molecule has 12 heavy (non-hydrogen) atoms. The van der Waals surface area contributed by atoms with Gasteiger partial charge in [0.1, 0.15) is 11.8 Å². The minimum atomic E-state index is 0.597. The smallest absolute Gasteiger partial charge is 0.124 e. The highest BCUT2D eigenvalue weighted by atomic mass is 35.5. The van der Waals surface area contributed by atoms with Crippen LogP contribution >= 0.6 is 11.6 Å². The van der Waals surface area contributed by atoms with Crippen LogP contribution in [0.5, 0.6) is 0 Å². The second-order valence-corrected chi connectivity index (χ2v) is 2.85. The van der Waals surface area contributed by atoms with E-state index in [9.17, 15) is 0 Å². The van der Waals surface area contributed by atoms with E-state index in [1.54, 1.807) is 16.5 Å². The Morgan fingerprint density at radius 3 is 2.92 bits per heavy atom. The molecule has 0 aliphatic heterocycles. The molecule has 2 nitrogen and oxygen atoms in total. The van der Waals surface area contributed by atoms with Crippen LogP contribution < -0.4 is 0 Å². The summed E-state index contributed by atoms with van der Waals surface area (Å²) in [6.45, 7) is 0. The lowest BCUT2D eigenvalue weighted by atomic mass is 10.3. The summed E-state index contributed by atoms with van der Waals surface area (Å²) in [6, 6.07) is 9.26. The van der Waals surface area contributed by atoms with E-state index in [0.717, 1.165) is 5.52 Å². The minimum Gasteiger partial charge on any atom is -0.307 e. The molecule has 0 bridgehead atoms. The number of nitriles is 1. The van der Waals surface area contributed by atoms with Gasteiger partial charge >= 0.3 is 0 Å². The average Bonchev–Trinajstić information content (AvgIpc) is 2.54. The molecule has 0 atom stereocenters. The molecule has 0 spiro atoms. The fourth-order valence-corrected chi connectivity index (χ4v) is 1.41. The Bertz CT molecular complexity index is 465. The molecule has 0 N–H and O–H groups in total. The van der Waals surface area contributed by atoms with E-state index < -0.39 is 0 Å². The van der Waals surface area contributed by atoms with Crippen molar-refractivity contribution in [2.24, 2.45) is 0 Å². The molecule has 0 saturated carbocycles. The number of halogens is 1. The van der Waals surface area contributed by atoms with Crippen molar-refractivity contribution in [1.29, 1.82) is 5.26 Å². The summed E-state index contributed by atoms with van der Waals surface area (Å²) < 4.78 is 1.77. The summed E-state index contributed by atoms with van der Waals surface area (Å²) in [5, 5.41) is 9.40. The molecule has 2 rings (SSSR count). The third kappa shape index (κ3) is 0.876. The van der Waals surface area contributed by atoms with Gasteiger partial charge in [-0.3, -0.25) is 0 Å². The van der Waals surface area contributed by atoms with Gasteiger partial charge in [0.05, 0.1) is 10.5 Å². The van der Waals surface area contributed by atoms with Crippen molar-refractivity contribution < 1.29 is 0 Å². The predicted molar refractivity (Wildman–Crippen MR) is 47.1 cm³/mol. The van der Waals surface area contributed by atoms with Gasteiger partial charge in [-0.15, -0.1) is 0 Å². The van der Waals surface area contributed by atoms with Gasteiger partial charge in [-0.05, 0) is 24.3 Å². The highest BCUT2D eigenvalue weighted by molar-refractivity contribution is 6.33. The van der Waals surface area contributed by atoms with Crippen molar-refractivity contribution in [3.8, 4) is 6.07 Å². The normalized spacial score (nSPS) is 10.0. The molecule has 0 saturated heterocycles. The van der Waals surface area contributed by atoms with Crippen LogP contribution in [0.25, 0.3) is 5.52 Å². The topological polar surface area (TPSA) is 28.2 Å². The lowest BCUT2D eigenvalue weighted by Crippen LogP contribution is -1.89. The van der Waals surface area contributed by atoms with Gasteiger partial charge < -0.3 is 4.40 Å². The Balaban J connectivity index is 2.94. The van der Waals surface area contributed by atoms with Crippen molar-refractivity contribution in [3.63, 3.8) is 0 Å². The molecule has 2 aromatic rings. The number of fused-ring (bicyclic) bond motifs is 1. The molecule has 0 aliphatic carbocycles. The van der Waals surface area contributed by atoms with Crippen LogP contribution in [-0.4, -0.2) is 4.40 Å². The molecule has 0 amide bonds. The summed E-state index contributed by atoms with van der Waals surface area (Å²) >= 11 is 5.90. The zero-order chi connectivity index (χ0) is 8.55. The fourth-order valence-electron chi connectivity index (χ4n) is 1.19. The Labute approximate surface area is 74.6 Å². The van der Waals surface area contributed by atoms with E-state index in [0.29, 0.717) is 10.7 Å². The Hall–Kier alpha value is -1.46.